The number of nitrogens with zero attached hydrogens (tertiary/aromatic N) is 1. The molecule has 2 rings (SSSR count). The third-order valence-corrected chi connectivity index (χ3v) is 3.45. The van der Waals surface area contributed by atoms with Crippen LogP contribution in [0.1, 0.15) is 6.23 Å². The first-order valence-corrected chi connectivity index (χ1v) is 6.70. The second kappa shape index (κ2) is 7.13. The standard InChI is InChI=1S/C12H20N4O6/c1-14-11(13)22-8-6(5-17)21-10(9(8)20-2)16-4-3-7(18)15-12(16)19/h3-4,6,8-11,14,17H,5,13H2,1-2H3,(H,15,18,19)/t6-,8?,9?,10-,11?/m1/s1. The molecule has 0 amide bonds. The van der Waals surface area contributed by atoms with Gasteiger partial charge in [-0.25, -0.2) is 4.79 Å². The SMILES string of the molecule is CNC(N)OC1C(OC)[C@H](n2ccc(=O)[nH]c2=O)O[C@@H]1CO. The van der Waals surface area contributed by atoms with Crippen molar-refractivity contribution in [2.75, 3.05) is 20.8 Å². The molecule has 2 heterocycles. The van der Waals surface area contributed by atoms with Crippen LogP contribution >= 0.6 is 0 Å². The Bertz CT molecular complexity index is 602. The molecule has 5 atom stereocenters. The van der Waals surface area contributed by atoms with Crippen molar-refractivity contribution in [3.05, 3.63) is 33.1 Å². The first kappa shape index (κ1) is 16.8. The second-order valence-electron chi connectivity index (χ2n) is 4.78. The van der Waals surface area contributed by atoms with E-state index in [1.807, 2.05) is 0 Å². The molecule has 0 aliphatic carbocycles. The van der Waals surface area contributed by atoms with Crippen LogP contribution in [0.4, 0.5) is 0 Å². The summed E-state index contributed by atoms with van der Waals surface area (Å²) in [6, 6.07) is 1.19. The molecule has 22 heavy (non-hydrogen) atoms. The lowest BCUT2D eigenvalue weighted by molar-refractivity contribution is -0.101. The normalized spacial score (nSPS) is 29.6. The lowest BCUT2D eigenvalue weighted by atomic mass is 10.1. The summed E-state index contributed by atoms with van der Waals surface area (Å²) < 4.78 is 17.7. The Hall–Kier alpha value is -1.56. The number of aliphatic hydroxyl groups excluding tert-OH is 1. The maximum Gasteiger partial charge on any atom is 0.330 e. The molecule has 1 aromatic rings. The fourth-order valence-electron chi connectivity index (χ4n) is 2.36. The molecule has 1 aliphatic heterocycles. The largest absolute Gasteiger partial charge is 0.394 e. The highest BCUT2D eigenvalue weighted by Gasteiger charge is 2.47. The van der Waals surface area contributed by atoms with Crippen LogP contribution in [-0.2, 0) is 14.2 Å². The molecule has 0 spiro atoms. The number of ether oxygens (including phenoxy) is 3. The van der Waals surface area contributed by atoms with Crippen molar-refractivity contribution in [1.82, 2.24) is 14.9 Å². The maximum absolute atomic E-state index is 11.9. The van der Waals surface area contributed by atoms with Crippen LogP contribution in [-0.4, -0.2) is 60.1 Å². The fraction of sp³-hybridized carbons (Fsp3) is 0.667. The summed E-state index contributed by atoms with van der Waals surface area (Å²) >= 11 is 0. The Balaban J connectivity index is 2.32. The molecule has 124 valence electrons. The summed E-state index contributed by atoms with van der Waals surface area (Å²) in [5.41, 5.74) is 4.52. The highest BCUT2D eigenvalue weighted by atomic mass is 16.6. The number of hydrogen-bond acceptors (Lipinski definition) is 8. The minimum atomic E-state index is -0.861. The van der Waals surface area contributed by atoms with E-state index < -0.39 is 42.1 Å². The highest BCUT2D eigenvalue weighted by molar-refractivity contribution is 4.94. The predicted molar refractivity (Wildman–Crippen MR) is 75.0 cm³/mol. The van der Waals surface area contributed by atoms with E-state index in [2.05, 4.69) is 10.3 Å². The molecule has 10 heteroatoms. The molecule has 1 aliphatic rings. The average Bonchev–Trinajstić information content (AvgIpc) is 2.84. The number of aromatic amines is 1. The van der Waals surface area contributed by atoms with Crippen LogP contribution in [0, 0.1) is 0 Å². The number of H-pyrrole nitrogens is 1. The average molecular weight is 316 g/mol. The van der Waals surface area contributed by atoms with Crippen molar-refractivity contribution in [2.45, 2.75) is 30.9 Å². The molecule has 0 saturated carbocycles. The van der Waals surface area contributed by atoms with E-state index in [0.717, 1.165) is 0 Å². The van der Waals surface area contributed by atoms with Crippen LogP contribution in [0.15, 0.2) is 21.9 Å². The third kappa shape index (κ3) is 3.27. The predicted octanol–water partition coefficient (Wildman–Crippen LogP) is -2.71. The van der Waals surface area contributed by atoms with Crippen molar-refractivity contribution < 1.29 is 19.3 Å². The number of aliphatic hydroxyl groups is 1. The van der Waals surface area contributed by atoms with Gasteiger partial charge < -0.3 is 19.3 Å². The molecule has 0 radical (unpaired) electrons. The molecule has 5 N–H and O–H groups in total. The molecule has 1 fully saturated rings. The van der Waals surface area contributed by atoms with E-state index in [9.17, 15) is 14.7 Å². The molecule has 3 unspecified atom stereocenters. The first-order valence-electron chi connectivity index (χ1n) is 6.70. The minimum Gasteiger partial charge on any atom is -0.394 e. The van der Waals surface area contributed by atoms with Crippen molar-refractivity contribution in [2.24, 2.45) is 5.73 Å². The van der Waals surface area contributed by atoms with Gasteiger partial charge in [-0.3, -0.25) is 25.4 Å². The monoisotopic (exact) mass is 316 g/mol. The van der Waals surface area contributed by atoms with E-state index in [-0.39, 0.29) is 6.61 Å². The third-order valence-electron chi connectivity index (χ3n) is 3.45. The summed E-state index contributed by atoms with van der Waals surface area (Å²) in [6.07, 6.45) is -2.46. The second-order valence-corrected chi connectivity index (χ2v) is 4.78. The van der Waals surface area contributed by atoms with Crippen LogP contribution in [0.25, 0.3) is 0 Å². The van der Waals surface area contributed by atoms with Crippen LogP contribution in [0.2, 0.25) is 0 Å². The van der Waals surface area contributed by atoms with E-state index in [1.165, 1.54) is 23.9 Å². The summed E-state index contributed by atoms with van der Waals surface area (Å²) in [7, 11) is 3.04. The molecule has 0 aromatic carbocycles. The van der Waals surface area contributed by atoms with E-state index in [4.69, 9.17) is 19.9 Å². The Morgan fingerprint density at radius 1 is 1.55 bits per heavy atom. The van der Waals surface area contributed by atoms with E-state index in [1.54, 1.807) is 7.05 Å². The zero-order valence-corrected chi connectivity index (χ0v) is 12.3. The summed E-state index contributed by atoms with van der Waals surface area (Å²) in [6.45, 7) is -0.338. The van der Waals surface area contributed by atoms with Gasteiger partial charge in [-0.2, -0.15) is 0 Å². The van der Waals surface area contributed by atoms with Crippen LogP contribution in [0.3, 0.4) is 0 Å². The number of aromatic nitrogens is 2. The molecule has 10 nitrogen and oxygen atoms in total. The Morgan fingerprint density at radius 2 is 2.27 bits per heavy atom. The lowest BCUT2D eigenvalue weighted by Crippen LogP contribution is -2.47. The van der Waals surface area contributed by atoms with Gasteiger partial charge in [0.15, 0.2) is 12.6 Å². The van der Waals surface area contributed by atoms with Gasteiger partial charge in [-0.15, -0.1) is 0 Å². The lowest BCUT2D eigenvalue weighted by Gasteiger charge is -2.25. The quantitative estimate of drug-likeness (QED) is 0.415. The smallest absolute Gasteiger partial charge is 0.330 e. The van der Waals surface area contributed by atoms with E-state index >= 15 is 0 Å². The van der Waals surface area contributed by atoms with Gasteiger partial charge in [0.05, 0.1) is 6.61 Å². The Morgan fingerprint density at radius 3 is 2.82 bits per heavy atom. The van der Waals surface area contributed by atoms with Crippen molar-refractivity contribution in [3.63, 3.8) is 0 Å². The Kier molecular flexibility index (Phi) is 5.45. The Labute approximate surface area is 125 Å². The van der Waals surface area contributed by atoms with Gasteiger partial charge in [0.1, 0.15) is 18.3 Å². The summed E-state index contributed by atoms with van der Waals surface area (Å²) in [4.78, 5) is 25.2. The number of nitrogens with one attached hydrogen (secondary N) is 2. The van der Waals surface area contributed by atoms with Gasteiger partial charge in [0.2, 0.25) is 0 Å². The molecule has 0 bridgehead atoms. The zero-order valence-electron chi connectivity index (χ0n) is 12.3. The van der Waals surface area contributed by atoms with Gasteiger partial charge in [-0.05, 0) is 7.05 Å². The number of methoxy groups -OCH3 is 1. The summed E-state index contributed by atoms with van der Waals surface area (Å²) in [5, 5.41) is 12.1. The molecular formula is C12H20N4O6. The van der Waals surface area contributed by atoms with Gasteiger partial charge in [0, 0.05) is 19.4 Å². The zero-order chi connectivity index (χ0) is 16.3. The fourth-order valence-corrected chi connectivity index (χ4v) is 2.36. The van der Waals surface area contributed by atoms with Crippen molar-refractivity contribution in [1.29, 1.82) is 0 Å². The van der Waals surface area contributed by atoms with E-state index in [0.29, 0.717) is 0 Å². The van der Waals surface area contributed by atoms with Crippen molar-refractivity contribution in [3.8, 4) is 0 Å². The molecular weight excluding hydrogens is 296 g/mol. The number of hydrogen-bond donors (Lipinski definition) is 4. The van der Waals surface area contributed by atoms with Gasteiger partial charge in [0.25, 0.3) is 5.56 Å². The van der Waals surface area contributed by atoms with Crippen LogP contribution < -0.4 is 22.3 Å². The first-order chi connectivity index (χ1) is 10.5. The van der Waals surface area contributed by atoms with Gasteiger partial charge >= 0.3 is 5.69 Å². The highest BCUT2D eigenvalue weighted by Crippen LogP contribution is 2.32. The number of nitrogens with two attached hydrogens (primary N) is 1. The maximum atomic E-state index is 11.9. The molecule has 1 aromatic heterocycles. The topological polar surface area (TPSA) is 141 Å². The molecule has 1 saturated heterocycles. The summed E-state index contributed by atoms with van der Waals surface area (Å²) in [5.74, 6) is 0. The van der Waals surface area contributed by atoms with Gasteiger partial charge in [-0.1, -0.05) is 0 Å². The van der Waals surface area contributed by atoms with Crippen molar-refractivity contribution >= 4 is 0 Å². The van der Waals surface area contributed by atoms with Crippen LogP contribution in [0.5, 0.6) is 0 Å². The minimum absolute atomic E-state index is 0.338. The number of rotatable bonds is 6.